The standard InChI is InChI=1S/C16H24N2O3/c1-11-10-14(12(2)15(19)21-11)18(4)16(20)17(3)13-8-6-5-7-9-13/h5-9,11-12,14-15,19H,10H2,1-4H3/t11-,12-,14+,15-/m1/s1. The molecule has 21 heavy (non-hydrogen) atoms. The lowest BCUT2D eigenvalue weighted by molar-refractivity contribution is -0.200. The molecule has 0 spiro atoms. The molecule has 0 saturated carbocycles. The summed E-state index contributed by atoms with van der Waals surface area (Å²) < 4.78 is 5.41. The molecule has 4 atom stereocenters. The van der Waals surface area contributed by atoms with Crippen molar-refractivity contribution in [2.24, 2.45) is 5.92 Å². The third-order valence-corrected chi connectivity index (χ3v) is 4.23. The number of anilines is 1. The molecular formula is C16H24N2O3. The van der Waals surface area contributed by atoms with Gasteiger partial charge in [-0.05, 0) is 25.5 Å². The molecule has 116 valence electrons. The molecule has 1 N–H and O–H groups in total. The van der Waals surface area contributed by atoms with E-state index < -0.39 is 6.29 Å². The summed E-state index contributed by atoms with van der Waals surface area (Å²) in [5.41, 5.74) is 0.850. The van der Waals surface area contributed by atoms with Gasteiger partial charge in [0.15, 0.2) is 6.29 Å². The lowest BCUT2D eigenvalue weighted by Gasteiger charge is -2.42. The Hall–Kier alpha value is -1.59. The number of amides is 2. The number of para-hydroxylation sites is 1. The van der Waals surface area contributed by atoms with Gasteiger partial charge in [0.05, 0.1) is 6.10 Å². The highest BCUT2D eigenvalue weighted by atomic mass is 16.6. The van der Waals surface area contributed by atoms with Crippen molar-refractivity contribution >= 4 is 11.7 Å². The summed E-state index contributed by atoms with van der Waals surface area (Å²) in [6, 6.07) is 9.41. The van der Waals surface area contributed by atoms with Gasteiger partial charge < -0.3 is 14.7 Å². The van der Waals surface area contributed by atoms with Crippen LogP contribution in [0.4, 0.5) is 10.5 Å². The summed E-state index contributed by atoms with van der Waals surface area (Å²) in [4.78, 5) is 16.0. The monoisotopic (exact) mass is 292 g/mol. The van der Waals surface area contributed by atoms with E-state index in [1.54, 1.807) is 23.9 Å². The van der Waals surface area contributed by atoms with Gasteiger partial charge in [0.2, 0.25) is 0 Å². The molecule has 0 aromatic heterocycles. The molecule has 1 aliphatic heterocycles. The van der Waals surface area contributed by atoms with Crippen molar-refractivity contribution in [2.45, 2.75) is 38.7 Å². The smallest absolute Gasteiger partial charge is 0.324 e. The maximum absolute atomic E-state index is 12.6. The Balaban J connectivity index is 2.11. The van der Waals surface area contributed by atoms with E-state index >= 15 is 0 Å². The van der Waals surface area contributed by atoms with Crippen molar-refractivity contribution in [1.82, 2.24) is 4.90 Å². The zero-order chi connectivity index (χ0) is 15.6. The molecule has 0 unspecified atom stereocenters. The number of hydrogen-bond acceptors (Lipinski definition) is 3. The minimum Gasteiger partial charge on any atom is -0.368 e. The number of carbonyl (C=O) groups excluding carboxylic acids is 1. The molecule has 0 radical (unpaired) electrons. The maximum Gasteiger partial charge on any atom is 0.324 e. The number of carbonyl (C=O) groups is 1. The quantitative estimate of drug-likeness (QED) is 0.910. The Morgan fingerprint density at radius 1 is 1.24 bits per heavy atom. The summed E-state index contributed by atoms with van der Waals surface area (Å²) in [5, 5.41) is 9.93. The van der Waals surface area contributed by atoms with Crippen molar-refractivity contribution in [3.63, 3.8) is 0 Å². The summed E-state index contributed by atoms with van der Waals surface area (Å²) >= 11 is 0. The highest BCUT2D eigenvalue weighted by Crippen LogP contribution is 2.28. The van der Waals surface area contributed by atoms with E-state index in [1.165, 1.54) is 0 Å². The fourth-order valence-electron chi connectivity index (χ4n) is 2.81. The highest BCUT2D eigenvalue weighted by Gasteiger charge is 2.37. The molecule has 0 bridgehead atoms. The molecule has 1 aromatic rings. The Morgan fingerprint density at radius 2 is 1.86 bits per heavy atom. The molecule has 1 heterocycles. The average Bonchev–Trinajstić information content (AvgIpc) is 2.49. The predicted octanol–water partition coefficient (Wildman–Crippen LogP) is 2.31. The number of hydrogen-bond donors (Lipinski definition) is 1. The molecular weight excluding hydrogens is 268 g/mol. The number of aliphatic hydroxyl groups is 1. The second-order valence-electron chi connectivity index (χ2n) is 5.79. The molecule has 1 saturated heterocycles. The summed E-state index contributed by atoms with van der Waals surface area (Å²) in [5.74, 6) is -0.112. The van der Waals surface area contributed by atoms with Crippen LogP contribution in [-0.4, -0.2) is 48.6 Å². The van der Waals surface area contributed by atoms with Gasteiger partial charge in [-0.1, -0.05) is 25.1 Å². The zero-order valence-corrected chi connectivity index (χ0v) is 13.1. The van der Waals surface area contributed by atoms with Gasteiger partial charge in [-0.3, -0.25) is 4.90 Å². The van der Waals surface area contributed by atoms with Gasteiger partial charge in [0.1, 0.15) is 0 Å². The summed E-state index contributed by atoms with van der Waals surface area (Å²) in [6.45, 7) is 3.83. The first kappa shape index (κ1) is 15.8. The SMILES string of the molecule is C[C@H]1[C@H](O)O[C@H](C)C[C@@H]1N(C)C(=O)N(C)c1ccccc1. The van der Waals surface area contributed by atoms with E-state index in [9.17, 15) is 9.90 Å². The number of nitrogens with zero attached hydrogens (tertiary/aromatic N) is 2. The van der Waals surface area contributed by atoms with Gasteiger partial charge in [-0.15, -0.1) is 0 Å². The first-order valence-electron chi connectivity index (χ1n) is 7.31. The van der Waals surface area contributed by atoms with E-state index in [0.717, 1.165) is 12.1 Å². The van der Waals surface area contributed by atoms with Crippen LogP contribution in [0.15, 0.2) is 30.3 Å². The van der Waals surface area contributed by atoms with Gasteiger partial charge in [-0.25, -0.2) is 4.79 Å². The molecule has 1 aromatic carbocycles. The second kappa shape index (κ2) is 6.45. The predicted molar refractivity (Wildman–Crippen MR) is 82.1 cm³/mol. The number of benzene rings is 1. The molecule has 2 amide bonds. The number of aliphatic hydroxyl groups excluding tert-OH is 1. The lowest BCUT2D eigenvalue weighted by atomic mass is 9.92. The number of ether oxygens (including phenoxy) is 1. The van der Waals surface area contributed by atoms with Gasteiger partial charge >= 0.3 is 6.03 Å². The Kier molecular flexibility index (Phi) is 4.85. The first-order chi connectivity index (χ1) is 9.91. The van der Waals surface area contributed by atoms with Crippen LogP contribution in [0.25, 0.3) is 0 Å². The largest absolute Gasteiger partial charge is 0.368 e. The van der Waals surface area contributed by atoms with Crippen LogP contribution in [0.1, 0.15) is 20.3 Å². The minimum atomic E-state index is -0.823. The maximum atomic E-state index is 12.6. The normalized spacial score (nSPS) is 29.0. The van der Waals surface area contributed by atoms with Crippen molar-refractivity contribution in [1.29, 1.82) is 0 Å². The van der Waals surface area contributed by atoms with Crippen LogP contribution in [0, 0.1) is 5.92 Å². The average molecular weight is 292 g/mol. The topological polar surface area (TPSA) is 53.0 Å². The molecule has 5 heteroatoms. The Labute approximate surface area is 126 Å². The molecule has 1 aliphatic rings. The lowest BCUT2D eigenvalue weighted by Crippen LogP contribution is -2.54. The first-order valence-corrected chi connectivity index (χ1v) is 7.31. The van der Waals surface area contributed by atoms with Crippen LogP contribution in [0.5, 0.6) is 0 Å². The van der Waals surface area contributed by atoms with Crippen LogP contribution in [0.3, 0.4) is 0 Å². The third kappa shape index (κ3) is 3.36. The fourth-order valence-corrected chi connectivity index (χ4v) is 2.81. The van der Waals surface area contributed by atoms with E-state index in [0.29, 0.717) is 0 Å². The zero-order valence-electron chi connectivity index (χ0n) is 13.1. The minimum absolute atomic E-state index is 0.0394. The summed E-state index contributed by atoms with van der Waals surface area (Å²) in [6.07, 6.45) is -0.155. The highest BCUT2D eigenvalue weighted by molar-refractivity contribution is 5.91. The van der Waals surface area contributed by atoms with Crippen LogP contribution < -0.4 is 4.90 Å². The van der Waals surface area contributed by atoms with Gasteiger partial charge in [0.25, 0.3) is 0 Å². The van der Waals surface area contributed by atoms with Crippen molar-refractivity contribution in [3.05, 3.63) is 30.3 Å². The van der Waals surface area contributed by atoms with Gasteiger partial charge in [-0.2, -0.15) is 0 Å². The Morgan fingerprint density at radius 3 is 2.48 bits per heavy atom. The second-order valence-corrected chi connectivity index (χ2v) is 5.79. The number of urea groups is 1. The van der Waals surface area contributed by atoms with Crippen LogP contribution in [-0.2, 0) is 4.74 Å². The number of rotatable bonds is 2. The van der Waals surface area contributed by atoms with Crippen LogP contribution >= 0.6 is 0 Å². The van der Waals surface area contributed by atoms with Gasteiger partial charge in [0, 0.05) is 31.7 Å². The Bertz CT molecular complexity index is 480. The van der Waals surface area contributed by atoms with E-state index in [2.05, 4.69) is 0 Å². The van der Waals surface area contributed by atoms with Crippen molar-refractivity contribution in [3.8, 4) is 0 Å². The third-order valence-electron chi connectivity index (χ3n) is 4.23. The fraction of sp³-hybridized carbons (Fsp3) is 0.562. The van der Waals surface area contributed by atoms with Crippen LogP contribution in [0.2, 0.25) is 0 Å². The molecule has 1 fully saturated rings. The molecule has 5 nitrogen and oxygen atoms in total. The van der Waals surface area contributed by atoms with E-state index in [4.69, 9.17) is 4.74 Å². The van der Waals surface area contributed by atoms with Crippen molar-refractivity contribution < 1.29 is 14.6 Å². The molecule has 0 aliphatic carbocycles. The van der Waals surface area contributed by atoms with Crippen molar-refractivity contribution in [2.75, 3.05) is 19.0 Å². The van der Waals surface area contributed by atoms with E-state index in [1.807, 2.05) is 44.2 Å². The molecule has 2 rings (SSSR count). The summed E-state index contributed by atoms with van der Waals surface area (Å²) in [7, 11) is 3.55. The van der Waals surface area contributed by atoms with E-state index in [-0.39, 0.29) is 24.1 Å².